The molecule has 2 nitrogen and oxygen atoms in total. The van der Waals surface area contributed by atoms with E-state index in [1.54, 1.807) is 0 Å². The number of alkyl halides is 1. The van der Waals surface area contributed by atoms with Crippen molar-refractivity contribution in [2.75, 3.05) is 6.61 Å². The molecule has 13 heavy (non-hydrogen) atoms. The minimum Gasteiger partial charge on any atom is -0.448 e. The summed E-state index contributed by atoms with van der Waals surface area (Å²) in [6.07, 6.45) is 1.69. The molecule has 0 saturated carbocycles. The minimum atomic E-state index is -0.929. The van der Waals surface area contributed by atoms with Gasteiger partial charge in [-0.3, -0.25) is 0 Å². The molecule has 0 amide bonds. The Morgan fingerprint density at radius 3 is 2.69 bits per heavy atom. The maximum Gasteiger partial charge on any atom is 0.290 e. The Labute approximate surface area is 82.4 Å². The number of rotatable bonds is 2. The molecule has 1 unspecified atom stereocenters. The molecule has 0 bridgehead atoms. The zero-order valence-electron chi connectivity index (χ0n) is 7.20. The molecule has 1 aromatic rings. The Kier molecular flexibility index (Phi) is 2.42. The van der Waals surface area contributed by atoms with Crippen molar-refractivity contribution in [3.63, 3.8) is 0 Å². The van der Waals surface area contributed by atoms with Crippen molar-refractivity contribution >= 4 is 11.6 Å². The summed E-state index contributed by atoms with van der Waals surface area (Å²) in [5.74, 6) is 0.749. The molecule has 70 valence electrons. The lowest BCUT2D eigenvalue weighted by atomic mass is 10.3. The number of hydrogen-bond donors (Lipinski definition) is 0. The van der Waals surface area contributed by atoms with Crippen LogP contribution in [0.3, 0.4) is 0 Å². The van der Waals surface area contributed by atoms with Crippen LogP contribution in [0.4, 0.5) is 0 Å². The largest absolute Gasteiger partial charge is 0.448 e. The third-order valence-electron chi connectivity index (χ3n) is 1.95. The second-order valence-corrected chi connectivity index (χ2v) is 3.60. The number of benzene rings is 1. The zero-order valence-corrected chi connectivity index (χ0v) is 7.96. The van der Waals surface area contributed by atoms with Crippen molar-refractivity contribution in [3.05, 3.63) is 30.3 Å². The number of para-hydroxylation sites is 1. The summed E-state index contributed by atoms with van der Waals surface area (Å²) in [6.45, 7) is 0.677. The molecule has 1 heterocycles. The van der Waals surface area contributed by atoms with Crippen LogP contribution in [0.25, 0.3) is 0 Å². The molecule has 1 aromatic carbocycles. The molecule has 0 aromatic heterocycles. The van der Waals surface area contributed by atoms with Gasteiger partial charge in [-0.25, -0.2) is 0 Å². The molecule has 1 aliphatic rings. The highest BCUT2D eigenvalue weighted by molar-refractivity contribution is 6.22. The minimum absolute atomic E-state index is 0.677. The van der Waals surface area contributed by atoms with Gasteiger partial charge in [-0.1, -0.05) is 18.2 Å². The van der Waals surface area contributed by atoms with Gasteiger partial charge in [0.25, 0.3) is 5.25 Å². The molecule has 3 heteroatoms. The van der Waals surface area contributed by atoms with E-state index in [2.05, 4.69) is 0 Å². The lowest BCUT2D eigenvalue weighted by molar-refractivity contribution is -0.0789. The Morgan fingerprint density at radius 2 is 2.08 bits per heavy atom. The first kappa shape index (κ1) is 8.85. The Balaban J connectivity index is 2.05. The van der Waals surface area contributed by atoms with E-state index in [1.807, 2.05) is 30.3 Å². The van der Waals surface area contributed by atoms with Crippen LogP contribution in [0.15, 0.2) is 30.3 Å². The SMILES string of the molecule is ClC1(Oc2ccccc2)CCCO1. The molecule has 1 saturated heterocycles. The summed E-state index contributed by atoms with van der Waals surface area (Å²) in [4.78, 5) is 0. The predicted octanol–water partition coefficient (Wildman–Crippen LogP) is 2.77. The number of hydrogen-bond acceptors (Lipinski definition) is 2. The van der Waals surface area contributed by atoms with E-state index in [9.17, 15) is 0 Å². The summed E-state index contributed by atoms with van der Waals surface area (Å²) in [5.41, 5.74) is 0. The lowest BCUT2D eigenvalue weighted by Gasteiger charge is -2.21. The van der Waals surface area contributed by atoms with E-state index in [0.717, 1.165) is 18.6 Å². The molecular weight excluding hydrogens is 188 g/mol. The molecule has 1 fully saturated rings. The highest BCUT2D eigenvalue weighted by Crippen LogP contribution is 2.32. The second kappa shape index (κ2) is 3.56. The van der Waals surface area contributed by atoms with Crippen molar-refractivity contribution in [3.8, 4) is 5.75 Å². The lowest BCUT2D eigenvalue weighted by Crippen LogP contribution is -2.27. The maximum atomic E-state index is 6.06. The third kappa shape index (κ3) is 2.14. The van der Waals surface area contributed by atoms with E-state index in [4.69, 9.17) is 21.1 Å². The average Bonchev–Trinajstić information content (AvgIpc) is 2.54. The normalized spacial score (nSPS) is 27.5. The monoisotopic (exact) mass is 198 g/mol. The fourth-order valence-corrected chi connectivity index (χ4v) is 1.62. The van der Waals surface area contributed by atoms with Gasteiger partial charge in [0, 0.05) is 6.42 Å². The molecule has 0 N–H and O–H groups in total. The van der Waals surface area contributed by atoms with Crippen LogP contribution in [-0.2, 0) is 4.74 Å². The summed E-state index contributed by atoms with van der Waals surface area (Å²) in [6, 6.07) is 9.48. The summed E-state index contributed by atoms with van der Waals surface area (Å²) >= 11 is 6.06. The third-order valence-corrected chi connectivity index (χ3v) is 2.33. The van der Waals surface area contributed by atoms with Gasteiger partial charge in [-0.15, -0.1) is 0 Å². The van der Waals surface area contributed by atoms with Crippen LogP contribution in [0.5, 0.6) is 5.75 Å². The van der Waals surface area contributed by atoms with Gasteiger partial charge in [-0.05, 0) is 30.2 Å². The number of halogens is 1. The molecule has 0 aliphatic carbocycles. The van der Waals surface area contributed by atoms with Crippen LogP contribution >= 0.6 is 11.6 Å². The molecule has 0 spiro atoms. The van der Waals surface area contributed by atoms with Gasteiger partial charge >= 0.3 is 0 Å². The van der Waals surface area contributed by atoms with Gasteiger partial charge in [0.05, 0.1) is 6.61 Å². The van der Waals surface area contributed by atoms with Crippen LogP contribution < -0.4 is 4.74 Å². The van der Waals surface area contributed by atoms with Crippen molar-refractivity contribution < 1.29 is 9.47 Å². The summed E-state index contributed by atoms with van der Waals surface area (Å²) in [7, 11) is 0. The predicted molar refractivity (Wildman–Crippen MR) is 50.8 cm³/mol. The van der Waals surface area contributed by atoms with Gasteiger partial charge in [0.2, 0.25) is 0 Å². The van der Waals surface area contributed by atoms with E-state index < -0.39 is 5.25 Å². The van der Waals surface area contributed by atoms with E-state index in [1.165, 1.54) is 0 Å². The first-order valence-electron chi connectivity index (χ1n) is 4.35. The fourth-order valence-electron chi connectivity index (χ4n) is 1.33. The maximum absolute atomic E-state index is 6.06. The Bertz CT molecular complexity index is 268. The van der Waals surface area contributed by atoms with Crippen LogP contribution in [-0.4, -0.2) is 11.9 Å². The van der Waals surface area contributed by atoms with Crippen molar-refractivity contribution in [2.24, 2.45) is 0 Å². The highest BCUT2D eigenvalue weighted by Gasteiger charge is 2.34. The molecule has 1 atom stereocenters. The highest BCUT2D eigenvalue weighted by atomic mass is 35.5. The zero-order chi connectivity index (χ0) is 9.15. The van der Waals surface area contributed by atoms with Gasteiger partial charge < -0.3 is 9.47 Å². The average molecular weight is 199 g/mol. The Hall–Kier alpha value is -0.730. The molecule has 0 radical (unpaired) electrons. The second-order valence-electron chi connectivity index (χ2n) is 3.03. The molecular formula is C10H11ClO2. The van der Waals surface area contributed by atoms with Crippen LogP contribution in [0, 0.1) is 0 Å². The van der Waals surface area contributed by atoms with Crippen molar-refractivity contribution in [1.82, 2.24) is 0 Å². The van der Waals surface area contributed by atoms with Crippen molar-refractivity contribution in [1.29, 1.82) is 0 Å². The van der Waals surface area contributed by atoms with Gasteiger partial charge in [-0.2, -0.15) is 0 Å². The quantitative estimate of drug-likeness (QED) is 0.681. The van der Waals surface area contributed by atoms with Gasteiger partial charge in [0.1, 0.15) is 5.75 Å². The van der Waals surface area contributed by atoms with E-state index in [-0.39, 0.29) is 0 Å². The Morgan fingerprint density at radius 1 is 1.31 bits per heavy atom. The van der Waals surface area contributed by atoms with Crippen LogP contribution in [0.2, 0.25) is 0 Å². The van der Waals surface area contributed by atoms with E-state index in [0.29, 0.717) is 6.61 Å². The van der Waals surface area contributed by atoms with E-state index >= 15 is 0 Å². The smallest absolute Gasteiger partial charge is 0.290 e. The fraction of sp³-hybridized carbons (Fsp3) is 0.400. The topological polar surface area (TPSA) is 18.5 Å². The first-order chi connectivity index (χ1) is 6.29. The molecule has 1 aliphatic heterocycles. The van der Waals surface area contributed by atoms with Crippen molar-refractivity contribution in [2.45, 2.75) is 18.1 Å². The van der Waals surface area contributed by atoms with Crippen LogP contribution in [0.1, 0.15) is 12.8 Å². The summed E-state index contributed by atoms with van der Waals surface area (Å²) in [5, 5.41) is -0.929. The molecule has 2 rings (SSSR count). The summed E-state index contributed by atoms with van der Waals surface area (Å²) < 4.78 is 10.8. The van der Waals surface area contributed by atoms with Gasteiger partial charge in [0.15, 0.2) is 0 Å². The standard InChI is InChI=1S/C10H11ClO2/c11-10(7-4-8-12-10)13-9-5-2-1-3-6-9/h1-3,5-6H,4,7-8H2. The first-order valence-corrected chi connectivity index (χ1v) is 4.73. The number of ether oxygens (including phenoxy) is 2.